The molecule has 1 aliphatic rings. The molecule has 0 aliphatic heterocycles. The van der Waals surface area contributed by atoms with Gasteiger partial charge in [0.25, 0.3) is 0 Å². The maximum Gasteiger partial charge on any atom is 0.398 e. The summed E-state index contributed by atoms with van der Waals surface area (Å²) in [6.45, 7) is 0.790. The van der Waals surface area contributed by atoms with Gasteiger partial charge in [-0.1, -0.05) is 42.0 Å². The zero-order chi connectivity index (χ0) is 12.3. The van der Waals surface area contributed by atoms with Crippen LogP contribution in [0.3, 0.4) is 0 Å². The summed E-state index contributed by atoms with van der Waals surface area (Å²) in [6.07, 6.45) is -2.47. The van der Waals surface area contributed by atoms with Gasteiger partial charge >= 0.3 is 6.18 Å². The van der Waals surface area contributed by atoms with Crippen molar-refractivity contribution >= 4 is 0 Å². The number of halogens is 3. The van der Waals surface area contributed by atoms with Crippen molar-refractivity contribution in [3.63, 3.8) is 0 Å². The zero-order valence-electron chi connectivity index (χ0n) is 9.20. The number of allylic oxidation sites excluding steroid dienone is 1. The summed E-state index contributed by atoms with van der Waals surface area (Å²) < 4.78 is 41.8. The van der Waals surface area contributed by atoms with E-state index in [-0.39, 0.29) is 0 Å². The summed E-state index contributed by atoms with van der Waals surface area (Å²) in [6, 6.07) is 9.57. The van der Waals surface area contributed by atoms with Gasteiger partial charge in [-0.25, -0.2) is 0 Å². The van der Waals surface area contributed by atoms with Crippen LogP contribution in [-0.2, 0) is 11.3 Å². The quantitative estimate of drug-likeness (QED) is 0.565. The van der Waals surface area contributed by atoms with Gasteiger partial charge < -0.3 is 4.74 Å². The zero-order valence-corrected chi connectivity index (χ0v) is 9.20. The van der Waals surface area contributed by atoms with Gasteiger partial charge in [-0.15, -0.1) is 0 Å². The van der Waals surface area contributed by atoms with Crippen LogP contribution in [0, 0.1) is 5.92 Å². The van der Waals surface area contributed by atoms with Gasteiger partial charge in [0.05, 0.1) is 19.1 Å². The van der Waals surface area contributed by atoms with Crippen molar-refractivity contribution in [3.05, 3.63) is 47.5 Å². The molecule has 0 spiro atoms. The highest BCUT2D eigenvalue weighted by molar-refractivity contribution is 5.31. The van der Waals surface area contributed by atoms with Crippen molar-refractivity contribution in [3.8, 4) is 0 Å². The van der Waals surface area contributed by atoms with Gasteiger partial charge in [-0.2, -0.15) is 13.2 Å². The molecular formula is C13H13F3O. The number of rotatable bonds is 5. The molecule has 1 aromatic rings. The molecule has 0 radical (unpaired) electrons. The summed E-state index contributed by atoms with van der Waals surface area (Å²) in [5.41, 5.74) is 1.48. The largest absolute Gasteiger partial charge is 0.398 e. The Morgan fingerprint density at radius 3 is 2.41 bits per heavy atom. The van der Waals surface area contributed by atoms with E-state index < -0.39 is 12.1 Å². The standard InChI is InChI=1S/C13H13F3O/c14-13(15,16)12-8-11(12)6-7-17-9-10-4-2-1-3-5-10/h1-5,8,12H,6-7,9H2/t12-/m1/s1. The predicted octanol–water partition coefficient (Wildman–Crippen LogP) is 3.71. The van der Waals surface area contributed by atoms with Gasteiger partial charge in [0.1, 0.15) is 0 Å². The molecule has 0 aromatic heterocycles. The predicted molar refractivity (Wildman–Crippen MR) is 58.3 cm³/mol. The lowest BCUT2D eigenvalue weighted by molar-refractivity contribution is -0.142. The van der Waals surface area contributed by atoms with E-state index in [2.05, 4.69) is 0 Å². The molecule has 1 nitrogen and oxygen atoms in total. The first kappa shape index (κ1) is 12.2. The van der Waals surface area contributed by atoms with Crippen LogP contribution in [0.25, 0.3) is 0 Å². The van der Waals surface area contributed by atoms with Crippen LogP contribution < -0.4 is 0 Å². The SMILES string of the molecule is FC(F)(F)[C@@H]1C=C1CCOCc1ccccc1. The molecule has 2 rings (SSSR count). The van der Waals surface area contributed by atoms with Crippen LogP contribution in [0.4, 0.5) is 13.2 Å². The molecular weight excluding hydrogens is 229 g/mol. The van der Waals surface area contributed by atoms with Gasteiger partial charge in [0.15, 0.2) is 0 Å². The third-order valence-corrected chi connectivity index (χ3v) is 2.67. The Balaban J connectivity index is 1.61. The average Bonchev–Trinajstić information content (AvgIpc) is 3.05. The molecule has 4 heteroatoms. The van der Waals surface area contributed by atoms with Crippen LogP contribution in [0.1, 0.15) is 12.0 Å². The molecule has 0 heterocycles. The third kappa shape index (κ3) is 3.60. The molecule has 1 aromatic carbocycles. The maximum absolute atomic E-state index is 12.2. The Hall–Kier alpha value is -1.29. The molecule has 0 N–H and O–H groups in total. The lowest BCUT2D eigenvalue weighted by Crippen LogP contribution is -2.13. The van der Waals surface area contributed by atoms with E-state index in [0.29, 0.717) is 25.2 Å². The minimum Gasteiger partial charge on any atom is -0.376 e. The average molecular weight is 242 g/mol. The second-order valence-electron chi connectivity index (χ2n) is 4.05. The topological polar surface area (TPSA) is 9.23 Å². The highest BCUT2D eigenvalue weighted by atomic mass is 19.4. The first-order chi connectivity index (χ1) is 8.07. The molecule has 92 valence electrons. The number of hydrogen-bond acceptors (Lipinski definition) is 1. The van der Waals surface area contributed by atoms with Crippen molar-refractivity contribution < 1.29 is 17.9 Å². The first-order valence-electron chi connectivity index (χ1n) is 5.46. The molecule has 0 amide bonds. The number of ether oxygens (including phenoxy) is 1. The minimum absolute atomic E-state index is 0.341. The summed E-state index contributed by atoms with van der Waals surface area (Å²) in [4.78, 5) is 0. The van der Waals surface area contributed by atoms with E-state index in [9.17, 15) is 13.2 Å². The van der Waals surface area contributed by atoms with Crippen LogP contribution in [0.2, 0.25) is 0 Å². The number of hydrogen-bond donors (Lipinski definition) is 0. The van der Waals surface area contributed by atoms with Crippen LogP contribution in [-0.4, -0.2) is 12.8 Å². The molecule has 0 saturated heterocycles. The Morgan fingerprint density at radius 2 is 1.82 bits per heavy atom. The van der Waals surface area contributed by atoms with Gasteiger partial charge in [0.2, 0.25) is 0 Å². The van der Waals surface area contributed by atoms with E-state index in [1.165, 1.54) is 6.08 Å². The van der Waals surface area contributed by atoms with Gasteiger partial charge in [-0.3, -0.25) is 0 Å². The second-order valence-corrected chi connectivity index (χ2v) is 4.05. The fourth-order valence-corrected chi connectivity index (χ4v) is 1.66. The normalized spacial score (nSPS) is 19.0. The fraction of sp³-hybridized carbons (Fsp3) is 0.385. The molecule has 0 fully saturated rings. The Bertz CT molecular complexity index is 395. The van der Waals surface area contributed by atoms with Crippen LogP contribution in [0.5, 0.6) is 0 Å². The highest BCUT2D eigenvalue weighted by Crippen LogP contribution is 2.44. The van der Waals surface area contributed by atoms with Crippen molar-refractivity contribution in [1.82, 2.24) is 0 Å². The van der Waals surface area contributed by atoms with Crippen molar-refractivity contribution in [1.29, 1.82) is 0 Å². The Kier molecular flexibility index (Phi) is 3.52. The Morgan fingerprint density at radius 1 is 1.12 bits per heavy atom. The summed E-state index contributed by atoms with van der Waals surface area (Å²) >= 11 is 0. The summed E-state index contributed by atoms with van der Waals surface area (Å²) in [7, 11) is 0. The fourth-order valence-electron chi connectivity index (χ4n) is 1.66. The van der Waals surface area contributed by atoms with Gasteiger partial charge in [-0.05, 0) is 12.0 Å². The number of benzene rings is 1. The smallest absolute Gasteiger partial charge is 0.376 e. The summed E-state index contributed by atoms with van der Waals surface area (Å²) in [5.74, 6) is -1.29. The van der Waals surface area contributed by atoms with Crippen LogP contribution >= 0.6 is 0 Å². The molecule has 0 saturated carbocycles. The third-order valence-electron chi connectivity index (χ3n) is 2.67. The molecule has 0 bridgehead atoms. The maximum atomic E-state index is 12.2. The summed E-state index contributed by atoms with van der Waals surface area (Å²) in [5, 5.41) is 0. The van der Waals surface area contributed by atoms with E-state index in [1.54, 1.807) is 0 Å². The van der Waals surface area contributed by atoms with Crippen LogP contribution in [0.15, 0.2) is 42.0 Å². The van der Waals surface area contributed by atoms with E-state index in [0.717, 1.165) is 5.56 Å². The molecule has 1 atom stereocenters. The van der Waals surface area contributed by atoms with E-state index in [1.807, 2.05) is 30.3 Å². The lowest BCUT2D eigenvalue weighted by atomic mass is 10.2. The lowest BCUT2D eigenvalue weighted by Gasteiger charge is -2.06. The monoisotopic (exact) mass is 242 g/mol. The van der Waals surface area contributed by atoms with Gasteiger partial charge in [0, 0.05) is 0 Å². The molecule has 17 heavy (non-hydrogen) atoms. The van der Waals surface area contributed by atoms with E-state index in [4.69, 9.17) is 4.74 Å². The van der Waals surface area contributed by atoms with Crippen molar-refractivity contribution in [2.45, 2.75) is 19.2 Å². The molecule has 1 aliphatic carbocycles. The van der Waals surface area contributed by atoms with Crippen molar-refractivity contribution in [2.75, 3.05) is 6.61 Å². The van der Waals surface area contributed by atoms with E-state index >= 15 is 0 Å². The Labute approximate surface area is 97.9 Å². The van der Waals surface area contributed by atoms with Crippen molar-refractivity contribution in [2.24, 2.45) is 5.92 Å². The molecule has 0 unspecified atom stereocenters. The minimum atomic E-state index is -4.10. The second kappa shape index (κ2) is 4.92. The number of alkyl halides is 3. The first-order valence-corrected chi connectivity index (χ1v) is 5.46. The highest BCUT2D eigenvalue weighted by Gasteiger charge is 2.47.